The summed E-state index contributed by atoms with van der Waals surface area (Å²) < 4.78 is 12.9. The molecule has 0 spiro atoms. The van der Waals surface area contributed by atoms with E-state index in [1.54, 1.807) is 12.1 Å². The van der Waals surface area contributed by atoms with Gasteiger partial charge >= 0.3 is 0 Å². The molecule has 1 aliphatic rings. The predicted molar refractivity (Wildman–Crippen MR) is 60.9 cm³/mol. The Bertz CT molecular complexity index is 364. The third kappa shape index (κ3) is 2.63. The Kier molecular flexibility index (Phi) is 3.19. The van der Waals surface area contributed by atoms with E-state index in [-0.39, 0.29) is 16.4 Å². The highest BCUT2D eigenvalue weighted by Crippen LogP contribution is 2.36. The molecule has 1 aromatic rings. The van der Waals surface area contributed by atoms with Gasteiger partial charge in [-0.15, -0.1) is 11.6 Å². The Hall–Kier alpha value is -0.310. The topological polar surface area (TPSA) is 12.0 Å². The molecule has 1 saturated carbocycles. The van der Waals surface area contributed by atoms with E-state index in [0.29, 0.717) is 12.4 Å². The van der Waals surface area contributed by atoms with Crippen molar-refractivity contribution in [3.8, 4) is 0 Å². The van der Waals surface area contributed by atoms with Crippen LogP contribution in [0.3, 0.4) is 0 Å². The van der Waals surface area contributed by atoms with Crippen LogP contribution in [0.4, 0.5) is 4.39 Å². The zero-order chi connectivity index (χ0) is 10.9. The van der Waals surface area contributed by atoms with Crippen molar-refractivity contribution in [2.45, 2.75) is 24.9 Å². The molecule has 0 heterocycles. The number of hydrogen-bond acceptors (Lipinski definition) is 1. The maximum atomic E-state index is 12.9. The van der Waals surface area contributed by atoms with Crippen molar-refractivity contribution >= 4 is 23.2 Å². The maximum absolute atomic E-state index is 12.9. The van der Waals surface area contributed by atoms with Crippen LogP contribution in [0.1, 0.15) is 18.4 Å². The Labute approximate surface area is 98.6 Å². The molecule has 15 heavy (non-hydrogen) atoms. The lowest BCUT2D eigenvalue weighted by Gasteiger charge is -2.13. The number of rotatable bonds is 4. The first kappa shape index (κ1) is 11.2. The van der Waals surface area contributed by atoms with Crippen molar-refractivity contribution in [1.29, 1.82) is 0 Å². The van der Waals surface area contributed by atoms with E-state index in [4.69, 9.17) is 23.2 Å². The molecule has 1 fully saturated rings. The molecule has 0 saturated heterocycles. The van der Waals surface area contributed by atoms with Crippen molar-refractivity contribution in [2.24, 2.45) is 0 Å². The fraction of sp³-hybridized carbons (Fsp3) is 0.455. The molecule has 0 aliphatic heterocycles. The van der Waals surface area contributed by atoms with E-state index in [2.05, 4.69) is 5.32 Å². The molecule has 0 aromatic heterocycles. The van der Waals surface area contributed by atoms with Gasteiger partial charge in [0.15, 0.2) is 0 Å². The largest absolute Gasteiger partial charge is 0.306 e. The minimum absolute atomic E-state index is 0.114. The molecule has 0 bridgehead atoms. The van der Waals surface area contributed by atoms with Gasteiger partial charge in [-0.25, -0.2) is 4.39 Å². The predicted octanol–water partition coefficient (Wildman–Crippen LogP) is 3.34. The standard InChI is InChI=1S/C11H12Cl2FN/c12-7-11(3-4-11)15-6-8-1-2-10(14)9(13)5-8/h1-2,5,15H,3-4,6-7H2. The van der Waals surface area contributed by atoms with Gasteiger partial charge in [0.2, 0.25) is 0 Å². The van der Waals surface area contributed by atoms with Gasteiger partial charge in [0.25, 0.3) is 0 Å². The van der Waals surface area contributed by atoms with Crippen LogP contribution in [0.25, 0.3) is 0 Å². The van der Waals surface area contributed by atoms with Crippen molar-refractivity contribution in [2.75, 3.05) is 5.88 Å². The van der Waals surface area contributed by atoms with E-state index in [1.165, 1.54) is 6.07 Å². The fourth-order valence-corrected chi connectivity index (χ4v) is 2.01. The highest BCUT2D eigenvalue weighted by atomic mass is 35.5. The van der Waals surface area contributed by atoms with Crippen LogP contribution in [0.15, 0.2) is 18.2 Å². The third-order valence-electron chi connectivity index (χ3n) is 2.76. The summed E-state index contributed by atoms with van der Waals surface area (Å²) in [6, 6.07) is 4.77. The van der Waals surface area contributed by atoms with Crippen LogP contribution < -0.4 is 5.32 Å². The lowest BCUT2D eigenvalue weighted by Crippen LogP contribution is -2.32. The molecule has 1 N–H and O–H groups in total. The van der Waals surface area contributed by atoms with Gasteiger partial charge in [-0.2, -0.15) is 0 Å². The molecule has 0 amide bonds. The molecular formula is C11H12Cl2FN. The maximum Gasteiger partial charge on any atom is 0.141 e. The molecule has 0 radical (unpaired) electrons. The van der Waals surface area contributed by atoms with Crippen molar-refractivity contribution in [3.63, 3.8) is 0 Å². The van der Waals surface area contributed by atoms with E-state index in [1.807, 2.05) is 0 Å². The van der Waals surface area contributed by atoms with Gasteiger partial charge < -0.3 is 5.32 Å². The quantitative estimate of drug-likeness (QED) is 0.806. The Morgan fingerprint density at radius 2 is 2.13 bits per heavy atom. The molecule has 1 nitrogen and oxygen atoms in total. The van der Waals surface area contributed by atoms with Gasteiger partial charge in [0.1, 0.15) is 5.82 Å². The zero-order valence-electron chi connectivity index (χ0n) is 8.19. The first-order valence-corrected chi connectivity index (χ1v) is 5.81. The van der Waals surface area contributed by atoms with Crippen LogP contribution in [0, 0.1) is 5.82 Å². The summed E-state index contributed by atoms with van der Waals surface area (Å²) in [6.45, 7) is 0.687. The van der Waals surface area contributed by atoms with E-state index >= 15 is 0 Å². The monoisotopic (exact) mass is 247 g/mol. The normalized spacial score (nSPS) is 17.8. The third-order valence-corrected chi connectivity index (χ3v) is 3.56. The van der Waals surface area contributed by atoms with Gasteiger partial charge in [0, 0.05) is 18.0 Å². The lowest BCUT2D eigenvalue weighted by atomic mass is 10.2. The second kappa shape index (κ2) is 4.28. The van der Waals surface area contributed by atoms with Gasteiger partial charge in [0.05, 0.1) is 5.02 Å². The summed E-state index contributed by atoms with van der Waals surface area (Å²) in [6.07, 6.45) is 2.23. The SMILES string of the molecule is Fc1ccc(CNC2(CCl)CC2)cc1Cl. The molecule has 2 rings (SSSR count). The smallest absolute Gasteiger partial charge is 0.141 e. The Morgan fingerprint density at radius 1 is 1.40 bits per heavy atom. The van der Waals surface area contributed by atoms with Crippen molar-refractivity contribution in [3.05, 3.63) is 34.6 Å². The van der Waals surface area contributed by atoms with E-state index < -0.39 is 0 Å². The molecule has 0 atom stereocenters. The summed E-state index contributed by atoms with van der Waals surface area (Å²) in [5.74, 6) is 0.251. The highest BCUT2D eigenvalue weighted by molar-refractivity contribution is 6.30. The zero-order valence-corrected chi connectivity index (χ0v) is 9.71. The van der Waals surface area contributed by atoms with Crippen LogP contribution in [0.2, 0.25) is 5.02 Å². The van der Waals surface area contributed by atoms with Crippen molar-refractivity contribution < 1.29 is 4.39 Å². The number of halogens is 3. The Morgan fingerprint density at radius 3 is 2.67 bits per heavy atom. The summed E-state index contributed by atoms with van der Waals surface area (Å²) in [4.78, 5) is 0. The first-order chi connectivity index (χ1) is 7.15. The molecule has 82 valence electrons. The van der Waals surface area contributed by atoms with Gasteiger partial charge in [-0.05, 0) is 30.5 Å². The number of alkyl halides is 1. The minimum atomic E-state index is -0.376. The van der Waals surface area contributed by atoms with Gasteiger partial charge in [-0.3, -0.25) is 0 Å². The van der Waals surface area contributed by atoms with Gasteiger partial charge in [-0.1, -0.05) is 17.7 Å². The van der Waals surface area contributed by atoms with Crippen LogP contribution in [-0.2, 0) is 6.54 Å². The van der Waals surface area contributed by atoms with E-state index in [9.17, 15) is 4.39 Å². The lowest BCUT2D eigenvalue weighted by molar-refractivity contribution is 0.542. The number of hydrogen-bond donors (Lipinski definition) is 1. The summed E-state index contributed by atoms with van der Waals surface area (Å²) in [5, 5.41) is 3.54. The highest BCUT2D eigenvalue weighted by Gasteiger charge is 2.40. The average molecular weight is 248 g/mol. The second-order valence-corrected chi connectivity index (χ2v) is 4.69. The number of nitrogens with one attached hydrogen (secondary N) is 1. The summed E-state index contributed by atoms with van der Waals surface area (Å²) in [5.41, 5.74) is 1.10. The summed E-state index contributed by atoms with van der Waals surface area (Å²) in [7, 11) is 0. The molecule has 1 aromatic carbocycles. The molecular weight excluding hydrogens is 236 g/mol. The second-order valence-electron chi connectivity index (χ2n) is 4.02. The minimum Gasteiger partial charge on any atom is -0.306 e. The fourth-order valence-electron chi connectivity index (χ4n) is 1.45. The van der Waals surface area contributed by atoms with E-state index in [0.717, 1.165) is 18.4 Å². The van der Waals surface area contributed by atoms with Crippen LogP contribution in [-0.4, -0.2) is 11.4 Å². The Balaban J connectivity index is 1.96. The molecule has 1 aliphatic carbocycles. The van der Waals surface area contributed by atoms with Crippen LogP contribution >= 0.6 is 23.2 Å². The number of benzene rings is 1. The van der Waals surface area contributed by atoms with Crippen molar-refractivity contribution in [1.82, 2.24) is 5.32 Å². The molecule has 0 unspecified atom stereocenters. The first-order valence-electron chi connectivity index (χ1n) is 4.90. The molecule has 4 heteroatoms. The summed E-state index contributed by atoms with van der Waals surface area (Å²) >= 11 is 11.5. The average Bonchev–Trinajstić information content (AvgIpc) is 3.01. The van der Waals surface area contributed by atoms with Crippen LogP contribution in [0.5, 0.6) is 0 Å².